The van der Waals surface area contributed by atoms with Crippen LogP contribution >= 0.6 is 0 Å². The van der Waals surface area contributed by atoms with E-state index in [0.29, 0.717) is 16.2 Å². The van der Waals surface area contributed by atoms with E-state index in [9.17, 15) is 31.5 Å². The van der Waals surface area contributed by atoms with E-state index in [1.54, 1.807) is 32.0 Å². The Morgan fingerprint density at radius 3 is 1.69 bits per heavy atom. The second-order valence-electron chi connectivity index (χ2n) is 5.38. The van der Waals surface area contributed by atoms with Gasteiger partial charge in [0.05, 0.1) is 5.69 Å². The van der Waals surface area contributed by atoms with Gasteiger partial charge in [0.15, 0.2) is 23.3 Å². The zero-order valence-corrected chi connectivity index (χ0v) is 13.8. The van der Waals surface area contributed by atoms with Gasteiger partial charge in [0, 0.05) is 6.92 Å². The highest BCUT2D eigenvalue weighted by molar-refractivity contribution is 5.97. The van der Waals surface area contributed by atoms with Crippen LogP contribution in [-0.2, 0) is 9.63 Å². The lowest BCUT2D eigenvalue weighted by Crippen LogP contribution is -2.33. The van der Waals surface area contributed by atoms with E-state index in [0.717, 1.165) is 6.92 Å². The summed E-state index contributed by atoms with van der Waals surface area (Å²) in [6.45, 7) is 4.15. The van der Waals surface area contributed by atoms with E-state index in [1.165, 1.54) is 0 Å². The third-order valence-corrected chi connectivity index (χ3v) is 3.52. The highest BCUT2D eigenvalue weighted by Gasteiger charge is 2.33. The van der Waals surface area contributed by atoms with Crippen molar-refractivity contribution in [1.29, 1.82) is 0 Å². The van der Waals surface area contributed by atoms with Crippen LogP contribution in [0.1, 0.15) is 28.4 Å². The van der Waals surface area contributed by atoms with Crippen molar-refractivity contribution in [3.63, 3.8) is 0 Å². The van der Waals surface area contributed by atoms with E-state index < -0.39 is 46.5 Å². The number of carbonyl (C=O) groups is 2. The fraction of sp³-hybridized carbons (Fsp3) is 0.176. The van der Waals surface area contributed by atoms with Gasteiger partial charge in [-0.25, -0.2) is 26.7 Å². The quantitative estimate of drug-likeness (QED) is 0.344. The Bertz CT molecular complexity index is 865. The highest BCUT2D eigenvalue weighted by Crippen LogP contribution is 2.28. The number of carbonyl (C=O) groups excluding carboxylic acids is 2. The van der Waals surface area contributed by atoms with Crippen LogP contribution < -0.4 is 5.06 Å². The van der Waals surface area contributed by atoms with E-state index in [4.69, 9.17) is 0 Å². The lowest BCUT2D eigenvalue weighted by molar-refractivity contribution is -0.122. The van der Waals surface area contributed by atoms with Crippen LogP contribution in [0.5, 0.6) is 0 Å². The standard InChI is InChI=1S/C17H12F5NO3/c1-7-5-4-6-8(2)16(7)23(9(3)24)26-17(25)10-11(18)13(20)15(22)14(21)12(10)19/h4-6H,1-3H3. The van der Waals surface area contributed by atoms with Crippen molar-refractivity contribution in [2.75, 3.05) is 5.06 Å². The van der Waals surface area contributed by atoms with Gasteiger partial charge in [-0.1, -0.05) is 18.2 Å². The first-order valence-corrected chi connectivity index (χ1v) is 7.18. The molecule has 4 nitrogen and oxygen atoms in total. The molecule has 0 radical (unpaired) electrons. The Hall–Kier alpha value is -2.97. The van der Waals surface area contributed by atoms with Crippen LogP contribution in [0.15, 0.2) is 18.2 Å². The molecule has 0 aliphatic heterocycles. The van der Waals surface area contributed by atoms with E-state index in [2.05, 4.69) is 4.84 Å². The largest absolute Gasteiger partial charge is 0.369 e. The zero-order valence-electron chi connectivity index (χ0n) is 13.8. The maximum Gasteiger partial charge on any atom is 0.369 e. The summed E-state index contributed by atoms with van der Waals surface area (Å²) in [7, 11) is 0. The van der Waals surface area contributed by atoms with E-state index in [1.807, 2.05) is 0 Å². The predicted octanol–water partition coefficient (Wildman–Crippen LogP) is 4.12. The smallest absolute Gasteiger partial charge is 0.327 e. The zero-order chi connectivity index (χ0) is 19.8. The van der Waals surface area contributed by atoms with Crippen molar-refractivity contribution < 1.29 is 36.4 Å². The van der Waals surface area contributed by atoms with Crippen molar-refractivity contribution in [1.82, 2.24) is 0 Å². The number of amides is 1. The number of para-hydroxylation sites is 1. The van der Waals surface area contributed by atoms with Gasteiger partial charge >= 0.3 is 5.97 Å². The minimum Gasteiger partial charge on any atom is -0.327 e. The lowest BCUT2D eigenvalue weighted by Gasteiger charge is -2.23. The first kappa shape index (κ1) is 19.4. The minimum absolute atomic E-state index is 0.109. The summed E-state index contributed by atoms with van der Waals surface area (Å²) < 4.78 is 67.1. The summed E-state index contributed by atoms with van der Waals surface area (Å²) in [5, 5.41) is 0.436. The third-order valence-electron chi connectivity index (χ3n) is 3.52. The summed E-state index contributed by atoms with van der Waals surface area (Å²) in [5.41, 5.74) is -0.730. The normalized spacial score (nSPS) is 10.6. The molecule has 0 aromatic heterocycles. The molecule has 0 aliphatic rings. The average Bonchev–Trinajstić information content (AvgIpc) is 2.57. The molecule has 2 aromatic rings. The van der Waals surface area contributed by atoms with Crippen LogP contribution in [-0.4, -0.2) is 11.9 Å². The summed E-state index contributed by atoms with van der Waals surface area (Å²) in [6, 6.07) is 4.80. The maximum atomic E-state index is 13.7. The van der Waals surface area contributed by atoms with Crippen LogP contribution in [0.4, 0.5) is 27.6 Å². The molecule has 0 spiro atoms. The molecule has 0 saturated carbocycles. The molecular formula is C17H12F5NO3. The number of rotatable bonds is 2. The molecule has 2 aromatic carbocycles. The van der Waals surface area contributed by atoms with Gasteiger partial charge in [-0.2, -0.15) is 0 Å². The number of halogens is 5. The second-order valence-corrected chi connectivity index (χ2v) is 5.38. The topological polar surface area (TPSA) is 46.6 Å². The molecule has 0 atom stereocenters. The molecule has 138 valence electrons. The number of benzene rings is 2. The highest BCUT2D eigenvalue weighted by atomic mass is 19.2. The van der Waals surface area contributed by atoms with Crippen LogP contribution in [0.3, 0.4) is 0 Å². The van der Waals surface area contributed by atoms with Crippen molar-refractivity contribution in [2.24, 2.45) is 0 Å². The SMILES string of the molecule is CC(=O)N(OC(=O)c1c(F)c(F)c(F)c(F)c1F)c1c(C)cccc1C. The van der Waals surface area contributed by atoms with Crippen molar-refractivity contribution >= 4 is 17.6 Å². The van der Waals surface area contributed by atoms with Crippen LogP contribution in [0.25, 0.3) is 0 Å². The van der Waals surface area contributed by atoms with E-state index in [-0.39, 0.29) is 5.69 Å². The third kappa shape index (κ3) is 3.24. The summed E-state index contributed by atoms with van der Waals surface area (Å²) in [6.07, 6.45) is 0. The first-order valence-electron chi connectivity index (χ1n) is 7.18. The lowest BCUT2D eigenvalue weighted by atomic mass is 10.1. The minimum atomic E-state index is -2.41. The number of hydroxylamine groups is 1. The van der Waals surface area contributed by atoms with Crippen molar-refractivity contribution in [2.45, 2.75) is 20.8 Å². The molecule has 0 unspecified atom stereocenters. The number of anilines is 1. The Morgan fingerprint density at radius 1 is 0.846 bits per heavy atom. The van der Waals surface area contributed by atoms with Crippen LogP contribution in [0.2, 0.25) is 0 Å². The number of aryl methyl sites for hydroxylation is 2. The molecule has 26 heavy (non-hydrogen) atoms. The molecular weight excluding hydrogens is 361 g/mol. The summed E-state index contributed by atoms with van der Waals surface area (Å²) >= 11 is 0. The molecule has 0 bridgehead atoms. The summed E-state index contributed by atoms with van der Waals surface area (Å²) in [4.78, 5) is 28.6. The fourth-order valence-electron chi connectivity index (χ4n) is 2.31. The van der Waals surface area contributed by atoms with Crippen LogP contribution in [0, 0.1) is 42.9 Å². The van der Waals surface area contributed by atoms with E-state index >= 15 is 0 Å². The molecule has 9 heteroatoms. The molecule has 0 saturated heterocycles. The number of hydrogen-bond acceptors (Lipinski definition) is 3. The van der Waals surface area contributed by atoms with Gasteiger partial charge in [0.1, 0.15) is 5.56 Å². The molecule has 1 amide bonds. The molecule has 0 aliphatic carbocycles. The monoisotopic (exact) mass is 373 g/mol. The van der Waals surface area contributed by atoms with Gasteiger partial charge in [-0.15, -0.1) is 5.06 Å². The van der Waals surface area contributed by atoms with Gasteiger partial charge in [0.25, 0.3) is 5.91 Å². The maximum absolute atomic E-state index is 13.7. The average molecular weight is 373 g/mol. The Kier molecular flexibility index (Phi) is 5.29. The molecule has 0 heterocycles. The predicted molar refractivity (Wildman–Crippen MR) is 80.7 cm³/mol. The Labute approximate surface area is 144 Å². The van der Waals surface area contributed by atoms with Crippen molar-refractivity contribution in [3.05, 3.63) is 64.0 Å². The molecule has 2 rings (SSSR count). The molecule has 0 fully saturated rings. The Balaban J connectivity index is 2.53. The van der Waals surface area contributed by atoms with Gasteiger partial charge in [-0.3, -0.25) is 4.79 Å². The van der Waals surface area contributed by atoms with Crippen molar-refractivity contribution in [3.8, 4) is 0 Å². The molecule has 0 N–H and O–H groups in total. The van der Waals surface area contributed by atoms with Gasteiger partial charge in [-0.05, 0) is 25.0 Å². The Morgan fingerprint density at radius 2 is 1.27 bits per heavy atom. The van der Waals surface area contributed by atoms with Gasteiger partial charge in [0.2, 0.25) is 5.82 Å². The van der Waals surface area contributed by atoms with Gasteiger partial charge < -0.3 is 4.84 Å². The number of nitrogens with zero attached hydrogens (tertiary/aromatic N) is 1. The second kappa shape index (κ2) is 7.11. The summed E-state index contributed by atoms with van der Waals surface area (Å²) in [5.74, 6) is -14.5. The first-order chi connectivity index (χ1) is 12.1. The fourth-order valence-corrected chi connectivity index (χ4v) is 2.31. The number of hydrogen-bond donors (Lipinski definition) is 0.